The monoisotopic (exact) mass is 406 g/mol. The summed E-state index contributed by atoms with van der Waals surface area (Å²) in [6.45, 7) is 4.03. The third-order valence-corrected chi connectivity index (χ3v) is 6.23. The number of pyridine rings is 1. The van der Waals surface area contributed by atoms with Crippen LogP contribution in [0.5, 0.6) is 5.75 Å². The number of ether oxygens (including phenoxy) is 1. The molecule has 1 saturated carbocycles. The zero-order valence-electron chi connectivity index (χ0n) is 17.4. The first-order valence-electron chi connectivity index (χ1n) is 10.6. The van der Waals surface area contributed by atoms with Gasteiger partial charge in [0.15, 0.2) is 0 Å². The molecule has 0 aliphatic heterocycles. The van der Waals surface area contributed by atoms with Crippen molar-refractivity contribution in [3.8, 4) is 5.75 Å². The second-order valence-corrected chi connectivity index (χ2v) is 8.31. The SMILES string of the molecule is Cc1ccc(OC(=O)NC(C)C2CCC(c3ccnc4ccc(F)cc34)CC2)cc1. The smallest absolute Gasteiger partial charge is 0.410 e. The third-order valence-electron chi connectivity index (χ3n) is 6.23. The fourth-order valence-corrected chi connectivity index (χ4v) is 4.47. The summed E-state index contributed by atoms with van der Waals surface area (Å²) in [5.41, 5.74) is 3.14. The van der Waals surface area contributed by atoms with Crippen LogP contribution in [0.4, 0.5) is 9.18 Å². The quantitative estimate of drug-likeness (QED) is 0.567. The van der Waals surface area contributed by atoms with E-state index in [0.717, 1.165) is 42.1 Å². The molecule has 3 aromatic rings. The minimum absolute atomic E-state index is 0.0375. The van der Waals surface area contributed by atoms with Crippen molar-refractivity contribution >= 4 is 17.0 Å². The van der Waals surface area contributed by atoms with Crippen LogP contribution in [0, 0.1) is 18.7 Å². The lowest BCUT2D eigenvalue weighted by Crippen LogP contribution is -2.40. The highest BCUT2D eigenvalue weighted by Crippen LogP contribution is 2.39. The van der Waals surface area contributed by atoms with E-state index in [1.165, 1.54) is 11.6 Å². The molecule has 4 rings (SSSR count). The summed E-state index contributed by atoms with van der Waals surface area (Å²) < 4.78 is 19.2. The van der Waals surface area contributed by atoms with E-state index in [0.29, 0.717) is 17.6 Å². The van der Waals surface area contributed by atoms with Crippen molar-refractivity contribution in [1.82, 2.24) is 10.3 Å². The molecule has 1 amide bonds. The number of fused-ring (bicyclic) bond motifs is 1. The predicted molar refractivity (Wildman–Crippen MR) is 116 cm³/mol. The Kier molecular flexibility index (Phi) is 5.98. The number of aryl methyl sites for hydroxylation is 1. The summed E-state index contributed by atoms with van der Waals surface area (Å²) in [5.74, 6) is 1.11. The Balaban J connectivity index is 1.34. The number of hydrogen-bond donors (Lipinski definition) is 1. The van der Waals surface area contributed by atoms with Crippen LogP contribution in [0.3, 0.4) is 0 Å². The van der Waals surface area contributed by atoms with E-state index in [9.17, 15) is 9.18 Å². The van der Waals surface area contributed by atoms with E-state index in [1.54, 1.807) is 24.3 Å². The van der Waals surface area contributed by atoms with Gasteiger partial charge >= 0.3 is 6.09 Å². The van der Waals surface area contributed by atoms with E-state index in [1.807, 2.05) is 38.2 Å². The Morgan fingerprint density at radius 2 is 1.83 bits per heavy atom. The van der Waals surface area contributed by atoms with Crippen LogP contribution in [0.15, 0.2) is 54.7 Å². The highest BCUT2D eigenvalue weighted by Gasteiger charge is 2.28. The molecule has 1 unspecified atom stereocenters. The van der Waals surface area contributed by atoms with E-state index in [4.69, 9.17) is 4.74 Å². The van der Waals surface area contributed by atoms with Crippen molar-refractivity contribution in [1.29, 1.82) is 0 Å². The van der Waals surface area contributed by atoms with Gasteiger partial charge in [-0.25, -0.2) is 9.18 Å². The van der Waals surface area contributed by atoms with Crippen molar-refractivity contribution in [2.45, 2.75) is 51.5 Å². The van der Waals surface area contributed by atoms with Gasteiger partial charge in [0.25, 0.3) is 0 Å². The first-order chi connectivity index (χ1) is 14.5. The zero-order valence-corrected chi connectivity index (χ0v) is 17.4. The standard InChI is InChI=1S/C25H27FN2O2/c1-16-3-10-21(11-4-16)30-25(29)28-17(2)18-5-7-19(8-6-18)22-13-14-27-24-12-9-20(26)15-23(22)24/h3-4,9-15,17-19H,5-8H2,1-2H3,(H,28,29). The number of rotatable bonds is 4. The zero-order chi connectivity index (χ0) is 21.1. The molecular formula is C25H27FN2O2. The molecule has 1 aliphatic rings. The second kappa shape index (κ2) is 8.82. The lowest BCUT2D eigenvalue weighted by atomic mass is 9.75. The largest absolute Gasteiger partial charge is 0.412 e. The number of halogens is 1. The lowest BCUT2D eigenvalue weighted by Gasteiger charge is -2.33. The molecule has 4 nitrogen and oxygen atoms in total. The average molecular weight is 407 g/mol. The van der Waals surface area contributed by atoms with Crippen molar-refractivity contribution in [2.75, 3.05) is 0 Å². The molecule has 1 fully saturated rings. The fourth-order valence-electron chi connectivity index (χ4n) is 4.47. The molecule has 1 atom stereocenters. The van der Waals surface area contributed by atoms with Crippen LogP contribution >= 0.6 is 0 Å². The molecule has 30 heavy (non-hydrogen) atoms. The third kappa shape index (κ3) is 4.61. The Hall–Kier alpha value is -2.95. The van der Waals surface area contributed by atoms with Crippen LogP contribution in [-0.2, 0) is 0 Å². The number of hydrogen-bond acceptors (Lipinski definition) is 3. The van der Waals surface area contributed by atoms with Gasteiger partial charge < -0.3 is 10.1 Å². The van der Waals surface area contributed by atoms with E-state index in [2.05, 4.69) is 10.3 Å². The molecule has 1 N–H and O–H groups in total. The predicted octanol–water partition coefficient (Wildman–Crippen LogP) is 6.13. The maximum Gasteiger partial charge on any atom is 0.412 e. The molecule has 0 radical (unpaired) electrons. The number of amides is 1. The molecule has 0 saturated heterocycles. The summed E-state index contributed by atoms with van der Waals surface area (Å²) in [4.78, 5) is 16.6. The lowest BCUT2D eigenvalue weighted by molar-refractivity contribution is 0.185. The first kappa shape index (κ1) is 20.3. The molecule has 156 valence electrons. The number of carbonyl (C=O) groups is 1. The maximum absolute atomic E-state index is 13.8. The van der Waals surface area contributed by atoms with Gasteiger partial charge in [0, 0.05) is 17.6 Å². The first-order valence-corrected chi connectivity index (χ1v) is 10.6. The molecule has 1 heterocycles. The Bertz CT molecular complexity index is 1030. The minimum Gasteiger partial charge on any atom is -0.410 e. The summed E-state index contributed by atoms with van der Waals surface area (Å²) >= 11 is 0. The normalized spacial score (nSPS) is 20.0. The maximum atomic E-state index is 13.8. The summed E-state index contributed by atoms with van der Waals surface area (Å²) in [6, 6.07) is 14.3. The molecule has 0 spiro atoms. The molecule has 5 heteroatoms. The minimum atomic E-state index is -0.413. The van der Waals surface area contributed by atoms with E-state index < -0.39 is 6.09 Å². The number of nitrogens with one attached hydrogen (secondary N) is 1. The average Bonchev–Trinajstić information content (AvgIpc) is 2.75. The Morgan fingerprint density at radius 3 is 2.57 bits per heavy atom. The van der Waals surface area contributed by atoms with Gasteiger partial charge in [0.2, 0.25) is 0 Å². The van der Waals surface area contributed by atoms with Gasteiger partial charge in [0.1, 0.15) is 11.6 Å². The van der Waals surface area contributed by atoms with Gasteiger partial charge in [-0.2, -0.15) is 0 Å². The number of carbonyl (C=O) groups excluding carboxylic acids is 1. The van der Waals surface area contributed by atoms with Gasteiger partial charge in [0.05, 0.1) is 5.52 Å². The molecule has 0 bridgehead atoms. The van der Waals surface area contributed by atoms with Gasteiger partial charge in [-0.3, -0.25) is 4.98 Å². The van der Waals surface area contributed by atoms with Gasteiger partial charge in [-0.15, -0.1) is 0 Å². The summed E-state index contributed by atoms with van der Waals surface area (Å²) in [6.07, 6.45) is 5.45. The van der Waals surface area contributed by atoms with Crippen molar-refractivity contribution in [3.63, 3.8) is 0 Å². The summed E-state index contributed by atoms with van der Waals surface area (Å²) in [5, 5.41) is 3.89. The van der Waals surface area contributed by atoms with Crippen molar-refractivity contribution < 1.29 is 13.9 Å². The highest BCUT2D eigenvalue weighted by atomic mass is 19.1. The second-order valence-electron chi connectivity index (χ2n) is 8.31. The molecule has 1 aliphatic carbocycles. The molecular weight excluding hydrogens is 379 g/mol. The van der Waals surface area contributed by atoms with Gasteiger partial charge in [-0.1, -0.05) is 17.7 Å². The van der Waals surface area contributed by atoms with Crippen molar-refractivity contribution in [3.05, 3.63) is 71.7 Å². The van der Waals surface area contributed by atoms with E-state index in [-0.39, 0.29) is 11.9 Å². The highest BCUT2D eigenvalue weighted by molar-refractivity contribution is 5.82. The van der Waals surface area contributed by atoms with Crippen LogP contribution < -0.4 is 10.1 Å². The fraction of sp³-hybridized carbons (Fsp3) is 0.360. The van der Waals surface area contributed by atoms with Crippen LogP contribution in [0.25, 0.3) is 10.9 Å². The summed E-state index contributed by atoms with van der Waals surface area (Å²) in [7, 11) is 0. The van der Waals surface area contributed by atoms with Crippen LogP contribution in [0.1, 0.15) is 49.7 Å². The van der Waals surface area contributed by atoms with Crippen LogP contribution in [-0.4, -0.2) is 17.1 Å². The molecule has 1 aromatic heterocycles. The van der Waals surface area contributed by atoms with E-state index >= 15 is 0 Å². The van der Waals surface area contributed by atoms with Crippen LogP contribution in [0.2, 0.25) is 0 Å². The number of nitrogens with zero attached hydrogens (tertiary/aromatic N) is 1. The Labute approximate surface area is 176 Å². The molecule has 2 aromatic carbocycles. The number of benzene rings is 2. The topological polar surface area (TPSA) is 51.2 Å². The van der Waals surface area contributed by atoms with Gasteiger partial charge in [-0.05, 0) is 93.3 Å². The number of aromatic nitrogens is 1. The Morgan fingerprint density at radius 1 is 1.10 bits per heavy atom. The van der Waals surface area contributed by atoms with Crippen molar-refractivity contribution in [2.24, 2.45) is 5.92 Å².